The van der Waals surface area contributed by atoms with Gasteiger partial charge >= 0.3 is 0 Å². The predicted molar refractivity (Wildman–Crippen MR) is 80.1 cm³/mol. The number of rotatable bonds is 2. The number of ether oxygens (including phenoxy) is 2. The molecule has 1 aliphatic carbocycles. The Kier molecular flexibility index (Phi) is 3.63. The van der Waals surface area contributed by atoms with E-state index in [-0.39, 0.29) is 11.6 Å². The second-order valence-electron chi connectivity index (χ2n) is 6.35. The minimum absolute atomic E-state index is 0.0373. The number of hydrogen-bond donors (Lipinski definition) is 1. The molecule has 1 aliphatic heterocycles. The second-order valence-corrected chi connectivity index (χ2v) is 6.35. The molecule has 1 atom stereocenters. The van der Waals surface area contributed by atoms with Gasteiger partial charge in [-0.3, -0.25) is 0 Å². The number of benzene rings is 1. The number of methoxy groups -OCH3 is 1. The van der Waals surface area contributed by atoms with Gasteiger partial charge in [0.15, 0.2) is 0 Å². The molecule has 3 rings (SSSR count). The third-order valence-corrected chi connectivity index (χ3v) is 5.13. The van der Waals surface area contributed by atoms with E-state index in [1.165, 1.54) is 19.3 Å². The first kappa shape index (κ1) is 13.7. The van der Waals surface area contributed by atoms with Crippen LogP contribution in [0.25, 0.3) is 0 Å². The lowest BCUT2D eigenvalue weighted by Crippen LogP contribution is -2.45. The number of fused-ring (bicyclic) bond motifs is 1. The van der Waals surface area contributed by atoms with Gasteiger partial charge in [-0.1, -0.05) is 19.4 Å². The van der Waals surface area contributed by atoms with Crippen LogP contribution in [0.4, 0.5) is 0 Å². The summed E-state index contributed by atoms with van der Waals surface area (Å²) in [5.74, 6) is 2.64. The molecular weight excluding hydrogens is 250 g/mol. The van der Waals surface area contributed by atoms with Crippen LogP contribution in [0.15, 0.2) is 18.2 Å². The van der Waals surface area contributed by atoms with Crippen molar-refractivity contribution in [3.05, 3.63) is 23.8 Å². The Hall–Kier alpha value is -1.22. The van der Waals surface area contributed by atoms with Crippen LogP contribution in [0.5, 0.6) is 11.5 Å². The molecule has 1 saturated carbocycles. The maximum absolute atomic E-state index is 6.41. The molecule has 1 fully saturated rings. The Morgan fingerprint density at radius 2 is 2.10 bits per heavy atom. The van der Waals surface area contributed by atoms with E-state index in [0.29, 0.717) is 0 Å². The van der Waals surface area contributed by atoms with E-state index in [4.69, 9.17) is 15.2 Å². The van der Waals surface area contributed by atoms with Crippen molar-refractivity contribution >= 4 is 0 Å². The highest BCUT2D eigenvalue weighted by molar-refractivity contribution is 5.44. The fourth-order valence-corrected chi connectivity index (χ4v) is 3.74. The van der Waals surface area contributed by atoms with Crippen molar-refractivity contribution in [1.82, 2.24) is 0 Å². The zero-order valence-corrected chi connectivity index (χ0v) is 12.5. The van der Waals surface area contributed by atoms with Gasteiger partial charge in [-0.2, -0.15) is 0 Å². The summed E-state index contributed by atoms with van der Waals surface area (Å²) in [4.78, 5) is 0. The lowest BCUT2D eigenvalue weighted by molar-refractivity contribution is -0.0111. The van der Waals surface area contributed by atoms with Gasteiger partial charge in [0.25, 0.3) is 0 Å². The zero-order valence-electron chi connectivity index (χ0n) is 12.5. The lowest BCUT2D eigenvalue weighted by Gasteiger charge is -2.45. The molecule has 3 nitrogen and oxygen atoms in total. The van der Waals surface area contributed by atoms with Gasteiger partial charge in [0, 0.05) is 24.1 Å². The second kappa shape index (κ2) is 5.28. The van der Waals surface area contributed by atoms with E-state index >= 15 is 0 Å². The zero-order chi connectivity index (χ0) is 14.2. The van der Waals surface area contributed by atoms with Crippen molar-refractivity contribution in [2.75, 3.05) is 7.11 Å². The maximum Gasteiger partial charge on any atom is 0.128 e. The first-order valence-corrected chi connectivity index (χ1v) is 7.78. The van der Waals surface area contributed by atoms with Crippen LogP contribution in [-0.2, 0) is 0 Å². The molecule has 0 saturated heterocycles. The average Bonchev–Trinajstić information content (AvgIpc) is 2.47. The highest BCUT2D eigenvalue weighted by Gasteiger charge is 2.42. The summed E-state index contributed by atoms with van der Waals surface area (Å²) in [6, 6.07) is 6.09. The van der Waals surface area contributed by atoms with Crippen LogP contribution >= 0.6 is 0 Å². The molecule has 0 bridgehead atoms. The summed E-state index contributed by atoms with van der Waals surface area (Å²) < 4.78 is 11.7. The Bertz CT molecular complexity index is 478. The fourth-order valence-electron chi connectivity index (χ4n) is 3.74. The van der Waals surface area contributed by atoms with Crippen LogP contribution in [0.2, 0.25) is 0 Å². The van der Waals surface area contributed by atoms with Crippen LogP contribution in [0.3, 0.4) is 0 Å². The summed E-state index contributed by atoms with van der Waals surface area (Å²) in [7, 11) is 1.69. The van der Waals surface area contributed by atoms with Crippen molar-refractivity contribution in [1.29, 1.82) is 0 Å². The molecule has 20 heavy (non-hydrogen) atoms. The quantitative estimate of drug-likeness (QED) is 0.892. The van der Waals surface area contributed by atoms with Crippen molar-refractivity contribution in [2.45, 2.75) is 57.1 Å². The van der Waals surface area contributed by atoms with E-state index in [1.807, 2.05) is 18.2 Å². The van der Waals surface area contributed by atoms with Crippen molar-refractivity contribution in [3.8, 4) is 11.5 Å². The molecule has 2 N–H and O–H groups in total. The van der Waals surface area contributed by atoms with Crippen LogP contribution in [0, 0.1) is 5.92 Å². The molecule has 3 heteroatoms. The molecule has 110 valence electrons. The molecule has 1 heterocycles. The van der Waals surface area contributed by atoms with Crippen molar-refractivity contribution < 1.29 is 9.47 Å². The fraction of sp³-hybridized carbons (Fsp3) is 0.647. The normalized spacial score (nSPS) is 32.5. The van der Waals surface area contributed by atoms with Gasteiger partial charge in [0.1, 0.15) is 17.1 Å². The standard InChI is InChI=1S/C17H25NO2/c1-3-12-6-8-17(9-7-12)11-15(18)14-5-4-13(19-2)10-16(14)20-17/h4-5,10,12,15H,3,6-9,11,18H2,1-2H3/t12?,15-,17?/m0/s1. The Morgan fingerprint density at radius 1 is 1.35 bits per heavy atom. The van der Waals surface area contributed by atoms with E-state index in [2.05, 4.69) is 6.92 Å². The largest absolute Gasteiger partial charge is 0.497 e. The van der Waals surface area contributed by atoms with E-state index in [1.54, 1.807) is 7.11 Å². The number of nitrogens with two attached hydrogens (primary N) is 1. The van der Waals surface area contributed by atoms with Crippen molar-refractivity contribution in [2.24, 2.45) is 11.7 Å². The van der Waals surface area contributed by atoms with Gasteiger partial charge in [-0.05, 0) is 37.7 Å². The average molecular weight is 275 g/mol. The first-order valence-electron chi connectivity index (χ1n) is 7.78. The van der Waals surface area contributed by atoms with Gasteiger partial charge in [-0.25, -0.2) is 0 Å². The summed E-state index contributed by atoms with van der Waals surface area (Å²) in [6.07, 6.45) is 7.03. The first-order chi connectivity index (χ1) is 9.65. The minimum Gasteiger partial charge on any atom is -0.497 e. The Labute approximate surface area is 121 Å². The topological polar surface area (TPSA) is 44.5 Å². The molecule has 0 amide bonds. The lowest BCUT2D eigenvalue weighted by atomic mass is 9.73. The Morgan fingerprint density at radius 3 is 2.75 bits per heavy atom. The molecule has 0 unspecified atom stereocenters. The molecule has 2 aliphatic rings. The molecular formula is C17H25NO2. The molecule has 0 aromatic heterocycles. The monoisotopic (exact) mass is 275 g/mol. The third kappa shape index (κ3) is 2.39. The van der Waals surface area contributed by atoms with Gasteiger partial charge in [0.05, 0.1) is 7.11 Å². The molecule has 1 aromatic carbocycles. The molecule has 0 radical (unpaired) electrons. The smallest absolute Gasteiger partial charge is 0.128 e. The van der Waals surface area contributed by atoms with Crippen LogP contribution in [0.1, 0.15) is 57.1 Å². The van der Waals surface area contributed by atoms with Crippen LogP contribution < -0.4 is 15.2 Å². The highest BCUT2D eigenvalue weighted by atomic mass is 16.5. The summed E-state index contributed by atoms with van der Waals surface area (Å²) in [5.41, 5.74) is 7.47. The summed E-state index contributed by atoms with van der Waals surface area (Å²) in [5, 5.41) is 0. The van der Waals surface area contributed by atoms with E-state index in [0.717, 1.165) is 42.2 Å². The summed E-state index contributed by atoms with van der Waals surface area (Å²) in [6.45, 7) is 2.29. The number of hydrogen-bond acceptors (Lipinski definition) is 3. The van der Waals surface area contributed by atoms with Crippen molar-refractivity contribution in [3.63, 3.8) is 0 Å². The third-order valence-electron chi connectivity index (χ3n) is 5.13. The predicted octanol–water partition coefficient (Wildman–Crippen LogP) is 3.82. The Balaban J connectivity index is 1.84. The van der Waals surface area contributed by atoms with Gasteiger partial charge in [-0.15, -0.1) is 0 Å². The highest BCUT2D eigenvalue weighted by Crippen LogP contribution is 2.47. The summed E-state index contributed by atoms with van der Waals surface area (Å²) >= 11 is 0. The maximum atomic E-state index is 6.41. The van der Waals surface area contributed by atoms with Crippen LogP contribution in [-0.4, -0.2) is 12.7 Å². The molecule has 1 aromatic rings. The van der Waals surface area contributed by atoms with Gasteiger partial charge < -0.3 is 15.2 Å². The minimum atomic E-state index is -0.0373. The SMILES string of the molecule is CCC1CCC2(CC1)C[C@H](N)c1ccc(OC)cc1O2. The van der Waals surface area contributed by atoms with E-state index in [9.17, 15) is 0 Å². The molecule has 1 spiro atoms. The van der Waals surface area contributed by atoms with Gasteiger partial charge in [0.2, 0.25) is 0 Å². The van der Waals surface area contributed by atoms with E-state index < -0.39 is 0 Å².